The summed E-state index contributed by atoms with van der Waals surface area (Å²) < 4.78 is 39.9. The van der Waals surface area contributed by atoms with E-state index in [0.717, 1.165) is 12.1 Å². The van der Waals surface area contributed by atoms with Crippen molar-refractivity contribution in [2.75, 3.05) is 5.32 Å². The number of carbonyl (C=O) groups excluding carboxylic acids is 1. The molecule has 2 aromatic heterocycles. The van der Waals surface area contributed by atoms with Crippen molar-refractivity contribution in [1.29, 1.82) is 0 Å². The van der Waals surface area contributed by atoms with Gasteiger partial charge in [0.05, 0.1) is 16.3 Å². The first-order valence-electron chi connectivity index (χ1n) is 7.66. The van der Waals surface area contributed by atoms with Crippen LogP contribution in [0.2, 0.25) is 0 Å². The molecular weight excluding hydrogens is 365 g/mol. The highest BCUT2D eigenvalue weighted by Gasteiger charge is 2.30. The number of hydrogen-bond donors (Lipinski definition) is 1. The zero-order valence-corrected chi connectivity index (χ0v) is 14.8. The van der Waals surface area contributed by atoms with Crippen molar-refractivity contribution < 1.29 is 18.0 Å². The number of anilines is 1. The number of aryl methyl sites for hydroxylation is 2. The third-order valence-corrected chi connectivity index (χ3v) is 4.80. The largest absolute Gasteiger partial charge is 0.416 e. The molecule has 0 saturated carbocycles. The maximum Gasteiger partial charge on any atom is 0.416 e. The van der Waals surface area contributed by atoms with Gasteiger partial charge in [-0.25, -0.2) is 4.98 Å². The van der Waals surface area contributed by atoms with Crippen LogP contribution in [0, 0.1) is 6.92 Å². The fourth-order valence-corrected chi connectivity index (χ4v) is 3.43. The Hall–Kier alpha value is -2.68. The molecule has 136 valence electrons. The van der Waals surface area contributed by atoms with Gasteiger partial charge in [-0.3, -0.25) is 9.48 Å². The number of rotatable bonds is 4. The van der Waals surface area contributed by atoms with Crippen LogP contribution < -0.4 is 5.32 Å². The fraction of sp³-hybridized carbons (Fsp3) is 0.235. The van der Waals surface area contributed by atoms with E-state index in [1.165, 1.54) is 28.3 Å². The molecule has 0 radical (unpaired) electrons. The smallest absolute Gasteiger partial charge is 0.311 e. The number of halogens is 3. The summed E-state index contributed by atoms with van der Waals surface area (Å²) in [6.07, 6.45) is -2.60. The number of amides is 1. The van der Waals surface area contributed by atoms with Crippen molar-refractivity contribution in [2.45, 2.75) is 19.5 Å². The van der Waals surface area contributed by atoms with E-state index in [0.29, 0.717) is 27.0 Å². The molecule has 0 bridgehead atoms. The minimum atomic E-state index is -4.38. The van der Waals surface area contributed by atoms with Gasteiger partial charge in [-0.15, -0.1) is 11.3 Å². The van der Waals surface area contributed by atoms with Crippen molar-refractivity contribution in [3.05, 3.63) is 64.1 Å². The van der Waals surface area contributed by atoms with E-state index in [4.69, 9.17) is 0 Å². The van der Waals surface area contributed by atoms with Crippen molar-refractivity contribution in [1.82, 2.24) is 14.8 Å². The molecule has 0 aliphatic rings. The van der Waals surface area contributed by atoms with Gasteiger partial charge in [0.1, 0.15) is 10.7 Å². The highest BCUT2D eigenvalue weighted by molar-refractivity contribution is 7.16. The van der Waals surface area contributed by atoms with Gasteiger partial charge in [-0.2, -0.15) is 18.3 Å². The normalized spacial score (nSPS) is 11.6. The molecule has 9 heteroatoms. The van der Waals surface area contributed by atoms with Crippen molar-refractivity contribution in [3.8, 4) is 0 Å². The molecule has 3 aromatic rings. The molecule has 0 spiro atoms. The maximum atomic E-state index is 12.8. The molecule has 26 heavy (non-hydrogen) atoms. The van der Waals surface area contributed by atoms with Gasteiger partial charge in [0.15, 0.2) is 0 Å². The molecule has 0 aliphatic heterocycles. The number of nitrogens with zero attached hydrogens (tertiary/aromatic N) is 3. The monoisotopic (exact) mass is 380 g/mol. The maximum absolute atomic E-state index is 12.8. The number of nitrogens with one attached hydrogen (secondary N) is 1. The second-order valence-electron chi connectivity index (χ2n) is 5.69. The van der Waals surface area contributed by atoms with Crippen LogP contribution in [0.3, 0.4) is 0 Å². The summed E-state index contributed by atoms with van der Waals surface area (Å²) in [4.78, 5) is 16.6. The Morgan fingerprint density at radius 1 is 1.31 bits per heavy atom. The summed E-state index contributed by atoms with van der Waals surface area (Å²) in [6, 6.07) is 6.75. The van der Waals surface area contributed by atoms with E-state index in [-0.39, 0.29) is 12.3 Å². The average Bonchev–Trinajstić information content (AvgIpc) is 3.13. The Balaban J connectivity index is 1.76. The predicted octanol–water partition coefficient (Wildman–Crippen LogP) is 4.05. The zero-order chi connectivity index (χ0) is 18.9. The van der Waals surface area contributed by atoms with Gasteiger partial charge in [0.25, 0.3) is 5.91 Å². The topological polar surface area (TPSA) is 59.8 Å². The Bertz CT molecular complexity index is 946. The molecule has 0 saturated heterocycles. The Morgan fingerprint density at radius 2 is 2.08 bits per heavy atom. The predicted molar refractivity (Wildman–Crippen MR) is 92.3 cm³/mol. The van der Waals surface area contributed by atoms with Crippen LogP contribution >= 0.6 is 11.3 Å². The zero-order valence-electron chi connectivity index (χ0n) is 14.0. The molecule has 1 amide bonds. The summed E-state index contributed by atoms with van der Waals surface area (Å²) in [5, 5.41) is 7.91. The van der Waals surface area contributed by atoms with Crippen LogP contribution in [0.25, 0.3) is 0 Å². The number of benzene rings is 1. The fourth-order valence-electron chi connectivity index (χ4n) is 2.44. The van der Waals surface area contributed by atoms with Crippen LogP contribution in [0.1, 0.15) is 32.3 Å². The van der Waals surface area contributed by atoms with Gasteiger partial charge in [0.2, 0.25) is 0 Å². The van der Waals surface area contributed by atoms with E-state index >= 15 is 0 Å². The first-order chi connectivity index (χ1) is 12.2. The minimum absolute atomic E-state index is 0.261. The highest BCUT2D eigenvalue weighted by atomic mass is 32.1. The molecule has 0 atom stereocenters. The summed E-state index contributed by atoms with van der Waals surface area (Å²) in [6.45, 7) is 1.74. The molecule has 5 nitrogen and oxygen atoms in total. The standard InChI is InChI=1S/C17H15F3N4OS/c1-10-16(23-15(25)13-6-7-21-24(13)2)26-14(22-10)9-11-4-3-5-12(8-11)17(18,19)20/h3-8H,9H2,1-2H3,(H,23,25). The lowest BCUT2D eigenvalue weighted by Crippen LogP contribution is -2.15. The molecule has 0 unspecified atom stereocenters. The van der Waals surface area contributed by atoms with Crippen LogP contribution in [0.4, 0.5) is 18.2 Å². The lowest BCUT2D eigenvalue weighted by molar-refractivity contribution is -0.137. The van der Waals surface area contributed by atoms with E-state index in [1.807, 2.05) is 0 Å². The molecule has 0 aliphatic carbocycles. The van der Waals surface area contributed by atoms with Gasteiger partial charge < -0.3 is 5.32 Å². The molecule has 1 aromatic carbocycles. The van der Waals surface area contributed by atoms with Gasteiger partial charge in [-0.05, 0) is 24.6 Å². The quantitative estimate of drug-likeness (QED) is 0.743. The third kappa shape index (κ3) is 3.93. The Kier molecular flexibility index (Phi) is 4.82. The Morgan fingerprint density at radius 3 is 2.73 bits per heavy atom. The van der Waals surface area contributed by atoms with Gasteiger partial charge in [-0.1, -0.05) is 18.2 Å². The van der Waals surface area contributed by atoms with Crippen LogP contribution in [0.5, 0.6) is 0 Å². The van der Waals surface area contributed by atoms with Crippen LogP contribution in [-0.2, 0) is 19.6 Å². The van der Waals surface area contributed by atoms with Crippen LogP contribution in [0.15, 0.2) is 36.5 Å². The number of alkyl halides is 3. The lowest BCUT2D eigenvalue weighted by Gasteiger charge is -2.07. The van der Waals surface area contributed by atoms with Crippen molar-refractivity contribution in [2.24, 2.45) is 7.05 Å². The molecule has 0 fully saturated rings. The number of aromatic nitrogens is 3. The molecule has 2 heterocycles. The number of carbonyl (C=O) groups is 1. The second kappa shape index (κ2) is 6.91. The summed E-state index contributed by atoms with van der Waals surface area (Å²) in [7, 11) is 1.66. The van der Waals surface area contributed by atoms with E-state index < -0.39 is 11.7 Å². The van der Waals surface area contributed by atoms with Gasteiger partial charge in [0, 0.05) is 19.7 Å². The third-order valence-electron chi connectivity index (χ3n) is 3.73. The highest BCUT2D eigenvalue weighted by Crippen LogP contribution is 2.31. The molecule has 3 rings (SSSR count). The first-order valence-corrected chi connectivity index (χ1v) is 8.47. The van der Waals surface area contributed by atoms with Crippen molar-refractivity contribution in [3.63, 3.8) is 0 Å². The molecule has 1 N–H and O–H groups in total. The SMILES string of the molecule is Cc1nc(Cc2cccc(C(F)(F)F)c2)sc1NC(=O)c1ccnn1C. The van der Waals surface area contributed by atoms with Crippen molar-refractivity contribution >= 4 is 22.2 Å². The lowest BCUT2D eigenvalue weighted by atomic mass is 10.1. The second-order valence-corrected chi connectivity index (χ2v) is 6.77. The number of thiazole rings is 1. The summed E-state index contributed by atoms with van der Waals surface area (Å²) >= 11 is 1.25. The average molecular weight is 380 g/mol. The van der Waals surface area contributed by atoms with E-state index in [1.54, 1.807) is 26.1 Å². The van der Waals surface area contributed by atoms with E-state index in [9.17, 15) is 18.0 Å². The minimum Gasteiger partial charge on any atom is -0.311 e. The molecular formula is C17H15F3N4OS. The first kappa shape index (κ1) is 18.1. The summed E-state index contributed by atoms with van der Waals surface area (Å²) in [5.74, 6) is -0.317. The Labute approximate surface area is 151 Å². The van der Waals surface area contributed by atoms with Crippen LogP contribution in [-0.4, -0.2) is 20.7 Å². The summed E-state index contributed by atoms with van der Waals surface area (Å²) in [5.41, 5.74) is 0.843. The van der Waals surface area contributed by atoms with Gasteiger partial charge >= 0.3 is 6.18 Å². The number of hydrogen-bond acceptors (Lipinski definition) is 4. The van der Waals surface area contributed by atoms with E-state index in [2.05, 4.69) is 15.4 Å².